The number of amides is 1. The van der Waals surface area contributed by atoms with Gasteiger partial charge in [-0.05, 0) is 51.5 Å². The Bertz CT molecular complexity index is 1050. The molecule has 166 valence electrons. The number of ether oxygens (including phenoxy) is 3. The average molecular weight is 428 g/mol. The fourth-order valence-corrected chi connectivity index (χ4v) is 3.47. The maximum atomic E-state index is 13.0. The highest BCUT2D eigenvalue weighted by molar-refractivity contribution is 5.96. The van der Waals surface area contributed by atoms with E-state index < -0.39 is 0 Å². The minimum atomic E-state index is -0.230. The van der Waals surface area contributed by atoms with Crippen LogP contribution < -0.4 is 14.8 Å². The highest BCUT2D eigenvalue weighted by Gasteiger charge is 2.20. The van der Waals surface area contributed by atoms with Crippen molar-refractivity contribution in [1.82, 2.24) is 15.0 Å². The topological polar surface area (TPSA) is 87.8 Å². The Kier molecular flexibility index (Phi) is 7.02. The summed E-state index contributed by atoms with van der Waals surface area (Å²) in [5, 5.41) is 7.13. The smallest absolute Gasteiger partial charge is 0.253 e. The summed E-state index contributed by atoms with van der Waals surface area (Å²) >= 11 is 0. The van der Waals surface area contributed by atoms with Gasteiger partial charge in [-0.25, -0.2) is 0 Å². The molecule has 1 unspecified atom stereocenters. The van der Waals surface area contributed by atoms with Crippen LogP contribution >= 0.6 is 0 Å². The SMILES string of the molecule is COCCOc1ccc(C(C)NC(=O)c2cc(C)n(-c3cc(C)on3)c2C)cc1OC. The maximum Gasteiger partial charge on any atom is 0.253 e. The van der Waals surface area contributed by atoms with Crippen LogP contribution in [0, 0.1) is 20.8 Å². The predicted octanol–water partition coefficient (Wildman–Crippen LogP) is 3.92. The zero-order chi connectivity index (χ0) is 22.5. The summed E-state index contributed by atoms with van der Waals surface area (Å²) in [6, 6.07) is 9.09. The highest BCUT2D eigenvalue weighted by atomic mass is 16.5. The van der Waals surface area contributed by atoms with Gasteiger partial charge in [0, 0.05) is 24.6 Å². The van der Waals surface area contributed by atoms with Crippen molar-refractivity contribution in [3.63, 3.8) is 0 Å². The Morgan fingerprint density at radius 1 is 1.13 bits per heavy atom. The van der Waals surface area contributed by atoms with E-state index in [2.05, 4.69) is 10.5 Å². The van der Waals surface area contributed by atoms with Gasteiger partial charge in [-0.3, -0.25) is 9.36 Å². The lowest BCUT2D eigenvalue weighted by Crippen LogP contribution is -2.27. The number of nitrogens with zero attached hydrogens (tertiary/aromatic N) is 2. The van der Waals surface area contributed by atoms with Crippen molar-refractivity contribution in [2.45, 2.75) is 33.7 Å². The standard InChI is InChI=1S/C23H29N3O5/c1-14-11-19(17(4)26(14)22-12-15(2)31-25-22)23(27)24-16(3)18-7-8-20(21(13-18)29-6)30-10-9-28-5/h7-8,11-13,16H,9-10H2,1-6H3,(H,24,27). The Morgan fingerprint density at radius 2 is 1.90 bits per heavy atom. The van der Waals surface area contributed by atoms with E-state index >= 15 is 0 Å². The van der Waals surface area contributed by atoms with Gasteiger partial charge in [0.1, 0.15) is 12.4 Å². The first-order valence-corrected chi connectivity index (χ1v) is 10.1. The molecule has 0 aliphatic carbocycles. The third kappa shape index (κ3) is 4.91. The number of nitrogens with one attached hydrogen (secondary N) is 1. The van der Waals surface area contributed by atoms with E-state index in [-0.39, 0.29) is 11.9 Å². The van der Waals surface area contributed by atoms with Crippen LogP contribution in [-0.4, -0.2) is 43.1 Å². The van der Waals surface area contributed by atoms with Gasteiger partial charge in [0.2, 0.25) is 0 Å². The lowest BCUT2D eigenvalue weighted by molar-refractivity contribution is 0.0939. The van der Waals surface area contributed by atoms with E-state index in [0.29, 0.717) is 41.9 Å². The molecule has 1 aromatic carbocycles. The largest absolute Gasteiger partial charge is 0.493 e. The number of aromatic nitrogens is 2. The molecule has 0 saturated heterocycles. The number of hydrogen-bond donors (Lipinski definition) is 1. The second-order valence-corrected chi connectivity index (χ2v) is 7.36. The van der Waals surface area contributed by atoms with Gasteiger partial charge >= 0.3 is 0 Å². The van der Waals surface area contributed by atoms with Crippen LogP contribution in [0.4, 0.5) is 0 Å². The van der Waals surface area contributed by atoms with E-state index in [9.17, 15) is 4.79 Å². The molecule has 0 bridgehead atoms. The molecule has 2 heterocycles. The summed E-state index contributed by atoms with van der Waals surface area (Å²) in [5.74, 6) is 2.45. The molecule has 0 radical (unpaired) electrons. The quantitative estimate of drug-likeness (QED) is 0.521. The lowest BCUT2D eigenvalue weighted by atomic mass is 10.1. The first kappa shape index (κ1) is 22.4. The van der Waals surface area contributed by atoms with Gasteiger partial charge in [0.15, 0.2) is 17.3 Å². The van der Waals surface area contributed by atoms with Crippen molar-refractivity contribution in [3.05, 3.63) is 58.6 Å². The molecule has 8 heteroatoms. The molecule has 31 heavy (non-hydrogen) atoms. The van der Waals surface area contributed by atoms with Crippen LogP contribution in [-0.2, 0) is 4.74 Å². The summed E-state index contributed by atoms with van der Waals surface area (Å²) < 4.78 is 23.2. The molecular formula is C23H29N3O5. The fourth-order valence-electron chi connectivity index (χ4n) is 3.47. The van der Waals surface area contributed by atoms with Gasteiger partial charge in [-0.15, -0.1) is 0 Å². The summed E-state index contributed by atoms with van der Waals surface area (Å²) in [5.41, 5.74) is 3.21. The van der Waals surface area contributed by atoms with Crippen molar-refractivity contribution < 1.29 is 23.5 Å². The number of aryl methyl sites for hydroxylation is 2. The van der Waals surface area contributed by atoms with Crippen molar-refractivity contribution in [2.24, 2.45) is 0 Å². The van der Waals surface area contributed by atoms with Crippen LogP contribution in [0.2, 0.25) is 0 Å². The molecule has 0 aliphatic heterocycles. The summed E-state index contributed by atoms with van der Waals surface area (Å²) in [4.78, 5) is 13.0. The average Bonchev–Trinajstić information content (AvgIpc) is 3.30. The molecule has 1 atom stereocenters. The van der Waals surface area contributed by atoms with Crippen molar-refractivity contribution in [2.75, 3.05) is 27.4 Å². The van der Waals surface area contributed by atoms with Crippen molar-refractivity contribution in [1.29, 1.82) is 0 Å². The molecule has 3 aromatic rings. The fraction of sp³-hybridized carbons (Fsp3) is 0.391. The minimum Gasteiger partial charge on any atom is -0.493 e. The van der Waals surface area contributed by atoms with E-state index in [1.165, 1.54) is 0 Å². The number of hydrogen-bond acceptors (Lipinski definition) is 6. The zero-order valence-corrected chi connectivity index (χ0v) is 18.8. The highest BCUT2D eigenvalue weighted by Crippen LogP contribution is 2.30. The first-order chi connectivity index (χ1) is 14.8. The number of benzene rings is 1. The van der Waals surface area contributed by atoms with Crippen molar-refractivity contribution in [3.8, 4) is 17.3 Å². The van der Waals surface area contributed by atoms with Gasteiger partial charge in [-0.1, -0.05) is 11.2 Å². The number of rotatable bonds is 9. The zero-order valence-electron chi connectivity index (χ0n) is 18.8. The molecule has 3 rings (SSSR count). The molecule has 0 saturated carbocycles. The van der Waals surface area contributed by atoms with Crippen LogP contribution in [0.3, 0.4) is 0 Å². The second kappa shape index (κ2) is 9.70. The molecule has 0 fully saturated rings. The second-order valence-electron chi connectivity index (χ2n) is 7.36. The lowest BCUT2D eigenvalue weighted by Gasteiger charge is -2.17. The number of carbonyl (C=O) groups is 1. The van der Waals surface area contributed by atoms with E-state index in [0.717, 1.165) is 17.0 Å². The van der Waals surface area contributed by atoms with Crippen molar-refractivity contribution >= 4 is 5.91 Å². The van der Waals surface area contributed by atoms with Crippen LogP contribution in [0.1, 0.15) is 46.0 Å². The van der Waals surface area contributed by atoms with Gasteiger partial charge in [0.05, 0.1) is 25.3 Å². The Balaban J connectivity index is 1.76. The number of carbonyl (C=O) groups excluding carboxylic acids is 1. The monoisotopic (exact) mass is 427 g/mol. The van der Waals surface area contributed by atoms with Gasteiger partial charge in [-0.2, -0.15) is 0 Å². The van der Waals surface area contributed by atoms with Crippen LogP contribution in [0.5, 0.6) is 11.5 Å². The van der Waals surface area contributed by atoms with Crippen LogP contribution in [0.15, 0.2) is 34.9 Å². The molecule has 1 amide bonds. The molecule has 0 aliphatic rings. The molecular weight excluding hydrogens is 398 g/mol. The van der Waals surface area contributed by atoms with Gasteiger partial charge < -0.3 is 24.1 Å². The molecule has 2 aromatic heterocycles. The van der Waals surface area contributed by atoms with Crippen LogP contribution in [0.25, 0.3) is 5.82 Å². The third-order valence-electron chi connectivity index (χ3n) is 5.10. The third-order valence-corrected chi connectivity index (χ3v) is 5.10. The summed E-state index contributed by atoms with van der Waals surface area (Å²) in [6.45, 7) is 8.51. The van der Waals surface area contributed by atoms with E-state index in [4.69, 9.17) is 18.7 Å². The summed E-state index contributed by atoms with van der Waals surface area (Å²) in [7, 11) is 3.21. The minimum absolute atomic E-state index is 0.161. The predicted molar refractivity (Wildman–Crippen MR) is 116 cm³/mol. The molecule has 8 nitrogen and oxygen atoms in total. The first-order valence-electron chi connectivity index (χ1n) is 10.1. The Labute approximate surface area is 182 Å². The Hall–Kier alpha value is -3.26. The maximum absolute atomic E-state index is 13.0. The van der Waals surface area contributed by atoms with Gasteiger partial charge in [0.25, 0.3) is 5.91 Å². The normalized spacial score (nSPS) is 11.9. The molecule has 0 spiro atoms. The Morgan fingerprint density at radius 3 is 2.55 bits per heavy atom. The summed E-state index contributed by atoms with van der Waals surface area (Å²) in [6.07, 6.45) is 0. The van der Waals surface area contributed by atoms with E-state index in [1.54, 1.807) is 14.2 Å². The van der Waals surface area contributed by atoms with E-state index in [1.807, 2.05) is 62.6 Å². The number of methoxy groups -OCH3 is 2. The molecule has 1 N–H and O–H groups in total.